The van der Waals surface area contributed by atoms with Gasteiger partial charge in [0.15, 0.2) is 9.75 Å². The third-order valence-corrected chi connectivity index (χ3v) is 10.1. The number of amides is 5. The van der Waals surface area contributed by atoms with Crippen LogP contribution in [-0.2, 0) is 23.9 Å². The van der Waals surface area contributed by atoms with Crippen molar-refractivity contribution in [2.75, 3.05) is 12.6 Å². The lowest BCUT2D eigenvalue weighted by atomic mass is 9.56. The summed E-state index contributed by atoms with van der Waals surface area (Å²) in [7, 11) is 1.06. The first-order valence-corrected chi connectivity index (χ1v) is 13.5. The second-order valence-electron chi connectivity index (χ2n) is 9.17. The van der Waals surface area contributed by atoms with Crippen LogP contribution >= 0.6 is 55.1 Å². The van der Waals surface area contributed by atoms with E-state index >= 15 is 0 Å². The predicted octanol–water partition coefficient (Wildman–Crippen LogP) is 3.63. The van der Waals surface area contributed by atoms with Crippen LogP contribution in [-0.4, -0.2) is 66.9 Å². The molecule has 5 rings (SSSR count). The number of carbonyl (C=O) groups excluding carboxylic acids is 5. The number of methoxy groups -OCH3 is 1. The number of ether oxygens (including phenoxy) is 1. The third kappa shape index (κ3) is 3.09. The number of phenols is 1. The fraction of sp³-hybridized carbons (Fsp3) is 0.435. The number of carbonyl (C=O) groups is 5. The van der Waals surface area contributed by atoms with E-state index in [0.29, 0.717) is 14.9 Å². The van der Waals surface area contributed by atoms with Crippen molar-refractivity contribution in [1.82, 2.24) is 9.80 Å². The van der Waals surface area contributed by atoms with Gasteiger partial charge in [-0.05, 0) is 37.0 Å². The zero-order valence-corrected chi connectivity index (χ0v) is 23.2. The van der Waals surface area contributed by atoms with Crippen molar-refractivity contribution in [3.05, 3.63) is 39.9 Å². The van der Waals surface area contributed by atoms with Crippen LogP contribution in [0.3, 0.4) is 0 Å². The van der Waals surface area contributed by atoms with Crippen molar-refractivity contribution in [3.8, 4) is 5.75 Å². The maximum absolute atomic E-state index is 13.6. The molecule has 190 valence electrons. The number of imide groups is 4. The quantitative estimate of drug-likeness (QED) is 0.222. The smallest absolute Gasteiger partial charge is 0.423 e. The average molecular weight is 665 g/mol. The van der Waals surface area contributed by atoms with Gasteiger partial charge in [-0.3, -0.25) is 24.1 Å². The largest absolute Gasteiger partial charge is 0.508 e. The van der Waals surface area contributed by atoms with Crippen LogP contribution in [0.1, 0.15) is 24.3 Å². The molecule has 1 saturated carbocycles. The highest BCUT2D eigenvalue weighted by molar-refractivity contribution is 9.10. The molecular formula is C23H18Br2Cl2N2O7. The fourth-order valence-corrected chi connectivity index (χ4v) is 7.92. The number of rotatable bonds is 2. The normalized spacial score (nSPS) is 35.4. The minimum absolute atomic E-state index is 0.0897. The molecule has 2 saturated heterocycles. The van der Waals surface area contributed by atoms with Crippen LogP contribution in [0.2, 0.25) is 0 Å². The fourth-order valence-electron chi connectivity index (χ4n) is 6.13. The van der Waals surface area contributed by atoms with Crippen molar-refractivity contribution < 1.29 is 33.8 Å². The first-order valence-electron chi connectivity index (χ1n) is 10.9. The zero-order chi connectivity index (χ0) is 26.3. The molecule has 2 aliphatic carbocycles. The van der Waals surface area contributed by atoms with Crippen molar-refractivity contribution in [2.45, 2.75) is 28.5 Å². The Bertz CT molecular complexity index is 1290. The number of halogens is 4. The molecule has 0 unspecified atom stereocenters. The summed E-state index contributed by atoms with van der Waals surface area (Å²) in [5, 5.41) is 10.8. The van der Waals surface area contributed by atoms with E-state index in [4.69, 9.17) is 23.2 Å². The standard InChI is InChI=1S/C23H18Br2Cl2N2O7/c1-36-21(35)29-17(31)11-4-3-10-13(15(11)18(29)32)7-22(26)19(33)28(8-24)20(34)23(22,27)16(10)12-6-9(25)2-5-14(12)30/h2-3,5-6,11,13,15-16,30H,4,7-8H2,1H3/t11-,13+,15-,16+,22+,23-/m0/s1. The lowest BCUT2D eigenvalue weighted by Gasteiger charge is -2.50. The van der Waals surface area contributed by atoms with Gasteiger partial charge >= 0.3 is 6.09 Å². The van der Waals surface area contributed by atoms with Gasteiger partial charge in [-0.1, -0.05) is 43.5 Å². The van der Waals surface area contributed by atoms with E-state index < -0.39 is 63.1 Å². The Balaban J connectivity index is 1.74. The number of likely N-dealkylation sites (tertiary alicyclic amines) is 2. The van der Waals surface area contributed by atoms with Gasteiger partial charge < -0.3 is 9.84 Å². The summed E-state index contributed by atoms with van der Waals surface area (Å²) in [5.74, 6) is -6.94. The number of hydrogen-bond acceptors (Lipinski definition) is 7. The molecule has 0 radical (unpaired) electrons. The Morgan fingerprint density at radius 2 is 1.86 bits per heavy atom. The predicted molar refractivity (Wildman–Crippen MR) is 133 cm³/mol. The SMILES string of the molecule is COC(=O)N1C(=O)[C@H]2[C@H](CC=C3[C@H]2C[C@@]2(Cl)C(=O)N(CBr)C(=O)[C@@]2(Cl)[C@H]3c2cc(Br)ccc2O)C1=O. The summed E-state index contributed by atoms with van der Waals surface area (Å²) in [4.78, 5) is 63.1. The lowest BCUT2D eigenvalue weighted by Crippen LogP contribution is -2.60. The number of allylic oxidation sites excluding steroid dienone is 2. The number of nitrogens with zero attached hydrogens (tertiary/aromatic N) is 2. The summed E-state index contributed by atoms with van der Waals surface area (Å²) in [6.07, 6.45) is 0.478. The molecule has 1 N–H and O–H groups in total. The van der Waals surface area contributed by atoms with Crippen LogP contribution in [0.25, 0.3) is 0 Å². The van der Waals surface area contributed by atoms with Gasteiger partial charge in [-0.2, -0.15) is 4.90 Å². The number of alkyl halides is 3. The van der Waals surface area contributed by atoms with Crippen LogP contribution in [0.5, 0.6) is 5.75 Å². The summed E-state index contributed by atoms with van der Waals surface area (Å²) in [5.41, 5.74) is 0.577. The molecule has 3 fully saturated rings. The highest BCUT2D eigenvalue weighted by atomic mass is 79.9. The molecule has 2 aliphatic heterocycles. The van der Waals surface area contributed by atoms with Crippen molar-refractivity contribution >= 4 is 84.8 Å². The Morgan fingerprint density at radius 1 is 1.17 bits per heavy atom. The lowest BCUT2D eigenvalue weighted by molar-refractivity contribution is -0.140. The molecule has 6 atom stereocenters. The van der Waals surface area contributed by atoms with Crippen LogP contribution < -0.4 is 0 Å². The van der Waals surface area contributed by atoms with Crippen LogP contribution in [0.15, 0.2) is 34.3 Å². The van der Waals surface area contributed by atoms with Gasteiger partial charge in [0, 0.05) is 16.0 Å². The Hall–Kier alpha value is -1.95. The van der Waals surface area contributed by atoms with E-state index in [1.807, 2.05) is 0 Å². The van der Waals surface area contributed by atoms with Gasteiger partial charge in [0.1, 0.15) is 5.75 Å². The minimum Gasteiger partial charge on any atom is -0.508 e. The first-order chi connectivity index (χ1) is 16.9. The van der Waals surface area contributed by atoms with Gasteiger partial charge in [0.25, 0.3) is 11.8 Å². The maximum Gasteiger partial charge on any atom is 0.423 e. The molecule has 2 heterocycles. The molecule has 9 nitrogen and oxygen atoms in total. The topological polar surface area (TPSA) is 121 Å². The van der Waals surface area contributed by atoms with E-state index in [0.717, 1.165) is 12.0 Å². The van der Waals surface area contributed by atoms with Gasteiger partial charge in [0.2, 0.25) is 11.8 Å². The molecule has 1 aromatic rings. The van der Waals surface area contributed by atoms with E-state index in [1.165, 1.54) is 6.07 Å². The van der Waals surface area contributed by atoms with E-state index in [1.54, 1.807) is 18.2 Å². The summed E-state index contributed by atoms with van der Waals surface area (Å²) in [6, 6.07) is 4.59. The van der Waals surface area contributed by atoms with E-state index in [-0.39, 0.29) is 29.6 Å². The molecule has 1 aromatic carbocycles. The molecule has 0 aromatic heterocycles. The maximum atomic E-state index is 13.6. The molecule has 0 spiro atoms. The average Bonchev–Trinajstić information content (AvgIpc) is 3.18. The van der Waals surface area contributed by atoms with Crippen molar-refractivity contribution in [2.24, 2.45) is 17.8 Å². The third-order valence-electron chi connectivity index (χ3n) is 7.67. The van der Waals surface area contributed by atoms with Crippen molar-refractivity contribution in [1.29, 1.82) is 0 Å². The molecule has 36 heavy (non-hydrogen) atoms. The first kappa shape index (κ1) is 25.7. The summed E-state index contributed by atoms with van der Waals surface area (Å²) in [6.45, 7) is 0. The molecule has 4 aliphatic rings. The number of hydrogen-bond donors (Lipinski definition) is 1. The Morgan fingerprint density at radius 3 is 2.50 bits per heavy atom. The monoisotopic (exact) mass is 662 g/mol. The molecule has 13 heteroatoms. The second-order valence-corrected chi connectivity index (χ2v) is 11.8. The number of fused-ring (bicyclic) bond motifs is 4. The number of phenolic OH excluding ortho intramolecular Hbond substituents is 1. The van der Waals surface area contributed by atoms with Crippen molar-refractivity contribution in [3.63, 3.8) is 0 Å². The van der Waals surface area contributed by atoms with Gasteiger partial charge in [-0.25, -0.2) is 4.79 Å². The van der Waals surface area contributed by atoms with E-state index in [9.17, 15) is 29.1 Å². The highest BCUT2D eigenvalue weighted by Crippen LogP contribution is 2.66. The highest BCUT2D eigenvalue weighted by Gasteiger charge is 2.76. The Kier molecular flexibility index (Phi) is 6.09. The zero-order valence-electron chi connectivity index (χ0n) is 18.5. The summed E-state index contributed by atoms with van der Waals surface area (Å²) < 4.78 is 5.21. The molecular weight excluding hydrogens is 647 g/mol. The minimum atomic E-state index is -2.03. The van der Waals surface area contributed by atoms with Gasteiger partial charge in [0.05, 0.1) is 24.4 Å². The van der Waals surface area contributed by atoms with E-state index in [2.05, 4.69) is 36.6 Å². The van der Waals surface area contributed by atoms with Gasteiger partial charge in [-0.15, -0.1) is 23.2 Å². The number of aromatic hydroxyl groups is 1. The molecule has 5 amide bonds. The second kappa shape index (κ2) is 8.54. The summed E-state index contributed by atoms with van der Waals surface area (Å²) >= 11 is 20.6. The van der Waals surface area contributed by atoms with Crippen LogP contribution in [0.4, 0.5) is 4.79 Å². The van der Waals surface area contributed by atoms with Crippen LogP contribution in [0, 0.1) is 17.8 Å². The molecule has 0 bridgehead atoms. The number of benzene rings is 1. The Labute approximate surface area is 231 Å².